The third-order valence-electron chi connectivity index (χ3n) is 0.903. The largest absolute Gasteiger partial charge is 0.759 e. The Balaban J connectivity index is 0. The van der Waals surface area contributed by atoms with Crippen molar-refractivity contribution in [3.63, 3.8) is 0 Å². The fraction of sp³-hybridized carbons (Fsp3) is 0.500. The van der Waals surface area contributed by atoms with E-state index in [0.29, 0.717) is 12.0 Å². The zero-order valence-electron chi connectivity index (χ0n) is 7.05. The van der Waals surface area contributed by atoms with Crippen LogP contribution in [-0.2, 0) is 19.1 Å². The molecular weight excluding hydrogens is 230 g/mol. The summed E-state index contributed by atoms with van der Waals surface area (Å²) in [6.45, 7) is 0. The Morgan fingerprint density at radius 1 is 1.53 bits per heavy atom. The van der Waals surface area contributed by atoms with Gasteiger partial charge in [0.25, 0.3) is 0 Å². The Bertz CT molecular complexity index is 220. The predicted molar refractivity (Wildman–Crippen MR) is 51.9 cm³/mol. The van der Waals surface area contributed by atoms with Gasteiger partial charge < -0.3 is 20.9 Å². The van der Waals surface area contributed by atoms with Crippen LogP contribution in [0.4, 0.5) is 0 Å². The Morgan fingerprint density at radius 3 is 2.53 bits per heavy atom. The monoisotopic (exact) mass is 242 g/mol. The molecule has 0 aliphatic carbocycles. The average molecular weight is 242 g/mol. The molecule has 0 amide bonds. The summed E-state index contributed by atoms with van der Waals surface area (Å²) in [7, 11) is 1.16. The van der Waals surface area contributed by atoms with Gasteiger partial charge >= 0.3 is 5.97 Å². The van der Waals surface area contributed by atoms with Crippen LogP contribution in [0.3, 0.4) is 0 Å². The SMILES string of the molecule is C.COOOS/C(CC(=O)O)=C(\O)N[O-]. The van der Waals surface area contributed by atoms with E-state index < -0.39 is 18.3 Å². The molecule has 0 saturated heterocycles. The molecule has 0 aromatic rings. The Labute approximate surface area is 90.5 Å². The van der Waals surface area contributed by atoms with Crippen molar-refractivity contribution < 1.29 is 29.3 Å². The van der Waals surface area contributed by atoms with Crippen LogP contribution in [0.5, 0.6) is 0 Å². The summed E-state index contributed by atoms with van der Waals surface area (Å²) < 4.78 is 4.20. The summed E-state index contributed by atoms with van der Waals surface area (Å²) in [5.74, 6) is -2.09. The molecule has 8 nitrogen and oxygen atoms in total. The number of aliphatic hydroxyl groups excluding tert-OH is 1. The van der Waals surface area contributed by atoms with Crippen molar-refractivity contribution in [1.82, 2.24) is 5.48 Å². The third-order valence-corrected chi connectivity index (χ3v) is 1.57. The van der Waals surface area contributed by atoms with Gasteiger partial charge in [-0.25, -0.2) is 4.89 Å². The smallest absolute Gasteiger partial charge is 0.308 e. The van der Waals surface area contributed by atoms with Gasteiger partial charge in [-0.05, 0) is 0 Å². The fourth-order valence-corrected chi connectivity index (χ4v) is 0.898. The van der Waals surface area contributed by atoms with E-state index in [-0.39, 0.29) is 12.3 Å². The van der Waals surface area contributed by atoms with Crippen molar-refractivity contribution in [2.24, 2.45) is 0 Å². The van der Waals surface area contributed by atoms with Crippen LogP contribution < -0.4 is 5.48 Å². The summed E-state index contributed by atoms with van der Waals surface area (Å²) >= 11 is 0.346. The molecule has 90 valence electrons. The molecule has 0 rings (SSSR count). The summed E-state index contributed by atoms with van der Waals surface area (Å²) in [5, 5.41) is 31.2. The number of rotatable bonds is 7. The van der Waals surface area contributed by atoms with Crippen LogP contribution in [0.2, 0.25) is 0 Å². The minimum atomic E-state index is -1.24. The number of carboxylic acid groups (broad SMARTS) is 1. The van der Waals surface area contributed by atoms with Gasteiger partial charge in [0.2, 0.25) is 0 Å². The highest BCUT2D eigenvalue weighted by molar-refractivity contribution is 7.98. The first-order valence-electron chi connectivity index (χ1n) is 3.17. The number of nitrogens with one attached hydrogen (secondary N) is 1. The molecule has 0 aliphatic rings. The van der Waals surface area contributed by atoms with Gasteiger partial charge in [0.15, 0.2) is 5.88 Å². The van der Waals surface area contributed by atoms with Crippen LogP contribution in [0.1, 0.15) is 13.8 Å². The number of hydrogen-bond donors (Lipinski definition) is 3. The van der Waals surface area contributed by atoms with Gasteiger partial charge in [-0.15, -0.1) is 4.33 Å². The number of hydrogen-bond acceptors (Lipinski definition) is 8. The van der Waals surface area contributed by atoms with Crippen molar-refractivity contribution in [1.29, 1.82) is 0 Å². The minimum absolute atomic E-state index is 0. The average Bonchev–Trinajstić information content (AvgIpc) is 2.15. The molecule has 0 heterocycles. The molecule has 0 bridgehead atoms. The zero-order chi connectivity index (χ0) is 11.0. The summed E-state index contributed by atoms with van der Waals surface area (Å²) in [5.41, 5.74) is 1.12. The zero-order valence-corrected chi connectivity index (χ0v) is 7.87. The summed E-state index contributed by atoms with van der Waals surface area (Å²) in [4.78, 5) is 14.0. The first-order valence-corrected chi connectivity index (χ1v) is 3.92. The maximum atomic E-state index is 10.2. The van der Waals surface area contributed by atoms with E-state index in [4.69, 9.17) is 10.2 Å². The maximum absolute atomic E-state index is 10.2. The van der Waals surface area contributed by atoms with Gasteiger partial charge in [-0.3, -0.25) is 4.79 Å². The minimum Gasteiger partial charge on any atom is -0.759 e. The highest BCUT2D eigenvalue weighted by Gasteiger charge is 2.11. The van der Waals surface area contributed by atoms with E-state index in [9.17, 15) is 10.0 Å². The van der Waals surface area contributed by atoms with Crippen molar-refractivity contribution in [3.8, 4) is 0 Å². The van der Waals surface area contributed by atoms with Gasteiger partial charge in [-0.2, -0.15) is 0 Å². The van der Waals surface area contributed by atoms with Gasteiger partial charge in [-0.1, -0.05) is 12.5 Å². The Hall–Kier alpha value is -1.00. The third kappa shape index (κ3) is 8.03. The second-order valence-electron chi connectivity index (χ2n) is 1.83. The van der Waals surface area contributed by atoms with Crippen molar-refractivity contribution in [2.75, 3.05) is 7.11 Å². The fourth-order valence-electron chi connectivity index (χ4n) is 0.430. The van der Waals surface area contributed by atoms with E-state index in [1.54, 1.807) is 0 Å². The quantitative estimate of drug-likeness (QED) is 0.198. The van der Waals surface area contributed by atoms with Crippen LogP contribution in [-0.4, -0.2) is 23.3 Å². The standard InChI is InChI=1S/C5H8NO7S.CH4/c1-11-12-13-14-3(2-4(7)8)5(9)6-10;/h6,9H,2H2,1H3,(H,7,8);1H4/q-1;/b5-3-;. The normalized spacial score (nSPS) is 11.3. The number of carbonyl (C=O) groups is 1. The Morgan fingerprint density at radius 2 is 2.13 bits per heavy atom. The number of hydroxylamine groups is 1. The number of aliphatic carboxylic acids is 1. The van der Waals surface area contributed by atoms with Crippen LogP contribution in [0.15, 0.2) is 10.8 Å². The molecule has 0 spiro atoms. The lowest BCUT2D eigenvalue weighted by Crippen LogP contribution is -2.08. The molecule has 15 heavy (non-hydrogen) atoms. The highest BCUT2D eigenvalue weighted by atomic mass is 32.2. The van der Waals surface area contributed by atoms with Gasteiger partial charge in [0, 0.05) is 0 Å². The number of aliphatic hydroxyl groups is 1. The molecule has 0 fully saturated rings. The van der Waals surface area contributed by atoms with E-state index >= 15 is 0 Å². The van der Waals surface area contributed by atoms with Gasteiger partial charge in [0.05, 0.1) is 30.5 Å². The van der Waals surface area contributed by atoms with Crippen molar-refractivity contribution in [3.05, 3.63) is 16.0 Å². The first kappa shape index (κ1) is 16.4. The van der Waals surface area contributed by atoms with E-state index in [1.807, 2.05) is 0 Å². The molecule has 0 radical (unpaired) electrons. The molecule has 0 atom stereocenters. The van der Waals surface area contributed by atoms with Crippen molar-refractivity contribution in [2.45, 2.75) is 13.8 Å². The topological polar surface area (TPSA) is 120 Å². The lowest BCUT2D eigenvalue weighted by molar-refractivity contribution is -0.447. The molecule has 9 heteroatoms. The summed E-state index contributed by atoms with van der Waals surface area (Å²) in [6.07, 6.45) is -0.585. The highest BCUT2D eigenvalue weighted by Crippen LogP contribution is 2.22. The molecule has 0 aromatic heterocycles. The van der Waals surface area contributed by atoms with Crippen LogP contribution in [0, 0.1) is 5.21 Å². The maximum Gasteiger partial charge on any atom is 0.308 e. The lowest BCUT2D eigenvalue weighted by Gasteiger charge is -2.11. The molecule has 0 aromatic carbocycles. The second-order valence-corrected chi connectivity index (χ2v) is 2.63. The summed E-state index contributed by atoms with van der Waals surface area (Å²) in [6, 6.07) is 0. The van der Waals surface area contributed by atoms with Gasteiger partial charge in [0.1, 0.15) is 0 Å². The predicted octanol–water partition coefficient (Wildman–Crippen LogP) is 1.07. The van der Waals surface area contributed by atoms with Crippen molar-refractivity contribution >= 4 is 18.0 Å². The molecule has 0 unspecified atom stereocenters. The van der Waals surface area contributed by atoms with Crippen LogP contribution in [0.25, 0.3) is 0 Å². The first-order chi connectivity index (χ1) is 6.61. The lowest BCUT2D eigenvalue weighted by atomic mass is 10.4. The van der Waals surface area contributed by atoms with E-state index in [2.05, 4.69) is 14.3 Å². The molecule has 0 saturated carbocycles. The molecular formula is C6H12NO7S-. The molecule has 3 N–H and O–H groups in total. The molecule has 0 aliphatic heterocycles. The second kappa shape index (κ2) is 9.55. The van der Waals surface area contributed by atoms with Crippen LogP contribution >= 0.6 is 12.0 Å². The van der Waals surface area contributed by atoms with E-state index in [1.165, 1.54) is 0 Å². The van der Waals surface area contributed by atoms with E-state index in [0.717, 1.165) is 12.6 Å². The number of carboxylic acids is 1. The Kier molecular flexibility index (Phi) is 10.5.